The SMILES string of the molecule is COC(=O)NCc1cc(F)ccc1COc1cc(C)n(-c2cc(C(=O)NCC(C)(C)O)ccc2C)c(=O)c1Br. The molecule has 0 aliphatic heterocycles. The minimum Gasteiger partial charge on any atom is -0.487 e. The molecule has 208 valence electrons. The van der Waals surface area contributed by atoms with Gasteiger partial charge in [0, 0.05) is 30.4 Å². The van der Waals surface area contributed by atoms with Crippen molar-refractivity contribution in [3.05, 3.63) is 91.1 Å². The zero-order chi connectivity index (χ0) is 28.9. The number of pyridine rings is 1. The molecule has 2 aromatic carbocycles. The van der Waals surface area contributed by atoms with Crippen molar-refractivity contribution in [2.45, 2.75) is 46.4 Å². The van der Waals surface area contributed by atoms with Crippen LogP contribution in [-0.4, -0.2) is 40.9 Å². The molecule has 0 saturated carbocycles. The zero-order valence-electron chi connectivity index (χ0n) is 22.4. The van der Waals surface area contributed by atoms with Crippen molar-refractivity contribution in [3.8, 4) is 11.4 Å². The van der Waals surface area contributed by atoms with Crippen LogP contribution in [0.2, 0.25) is 0 Å². The van der Waals surface area contributed by atoms with Crippen LogP contribution in [0.3, 0.4) is 0 Å². The Morgan fingerprint density at radius 2 is 1.79 bits per heavy atom. The number of carbonyl (C=O) groups excluding carboxylic acids is 2. The summed E-state index contributed by atoms with van der Waals surface area (Å²) in [4.78, 5) is 37.5. The summed E-state index contributed by atoms with van der Waals surface area (Å²) in [5.41, 5.74) is 1.84. The summed E-state index contributed by atoms with van der Waals surface area (Å²) in [5, 5.41) is 15.1. The van der Waals surface area contributed by atoms with Gasteiger partial charge in [0.1, 0.15) is 22.6 Å². The summed E-state index contributed by atoms with van der Waals surface area (Å²) in [6.45, 7) is 6.86. The van der Waals surface area contributed by atoms with E-state index in [1.807, 2.05) is 6.92 Å². The molecule has 11 heteroatoms. The number of aryl methyl sites for hydroxylation is 2. The van der Waals surface area contributed by atoms with Gasteiger partial charge in [-0.05, 0) is 84.6 Å². The van der Waals surface area contributed by atoms with Gasteiger partial charge in [0.2, 0.25) is 0 Å². The number of methoxy groups -OCH3 is 1. The molecule has 0 radical (unpaired) electrons. The van der Waals surface area contributed by atoms with E-state index in [1.165, 1.54) is 23.8 Å². The number of halogens is 2. The molecule has 0 saturated heterocycles. The molecule has 0 atom stereocenters. The van der Waals surface area contributed by atoms with Gasteiger partial charge in [-0.3, -0.25) is 14.2 Å². The average Bonchev–Trinajstić information content (AvgIpc) is 2.88. The fourth-order valence-electron chi connectivity index (χ4n) is 3.77. The number of carbonyl (C=O) groups is 2. The highest BCUT2D eigenvalue weighted by Gasteiger charge is 2.19. The molecule has 2 amide bonds. The van der Waals surface area contributed by atoms with E-state index in [0.29, 0.717) is 28.1 Å². The van der Waals surface area contributed by atoms with Crippen molar-refractivity contribution >= 4 is 27.9 Å². The van der Waals surface area contributed by atoms with E-state index in [-0.39, 0.29) is 35.8 Å². The van der Waals surface area contributed by atoms with Gasteiger partial charge in [-0.15, -0.1) is 0 Å². The highest BCUT2D eigenvalue weighted by atomic mass is 79.9. The number of rotatable bonds is 9. The highest BCUT2D eigenvalue weighted by Crippen LogP contribution is 2.27. The van der Waals surface area contributed by atoms with Crippen LogP contribution in [0.15, 0.2) is 51.7 Å². The van der Waals surface area contributed by atoms with Crippen molar-refractivity contribution in [3.63, 3.8) is 0 Å². The molecule has 3 N–H and O–H groups in total. The van der Waals surface area contributed by atoms with Crippen molar-refractivity contribution in [2.24, 2.45) is 0 Å². The van der Waals surface area contributed by atoms with E-state index in [1.54, 1.807) is 51.1 Å². The molecule has 0 spiro atoms. The first kappa shape index (κ1) is 29.9. The van der Waals surface area contributed by atoms with Gasteiger partial charge in [-0.2, -0.15) is 0 Å². The predicted octanol–water partition coefficient (Wildman–Crippen LogP) is 4.29. The predicted molar refractivity (Wildman–Crippen MR) is 148 cm³/mol. The molecule has 0 bridgehead atoms. The van der Waals surface area contributed by atoms with Crippen LogP contribution in [0.1, 0.15) is 46.6 Å². The van der Waals surface area contributed by atoms with E-state index in [0.717, 1.165) is 5.56 Å². The topological polar surface area (TPSA) is 119 Å². The molecule has 3 rings (SSSR count). The maximum absolute atomic E-state index is 13.8. The lowest BCUT2D eigenvalue weighted by Crippen LogP contribution is -2.38. The normalized spacial score (nSPS) is 11.2. The van der Waals surface area contributed by atoms with Crippen LogP contribution in [0, 0.1) is 19.7 Å². The number of benzene rings is 2. The molecular weight excluding hydrogens is 573 g/mol. The van der Waals surface area contributed by atoms with E-state index in [2.05, 4.69) is 31.3 Å². The van der Waals surface area contributed by atoms with Gasteiger partial charge >= 0.3 is 6.09 Å². The molecule has 39 heavy (non-hydrogen) atoms. The lowest BCUT2D eigenvalue weighted by Gasteiger charge is -2.19. The van der Waals surface area contributed by atoms with Crippen molar-refractivity contribution < 1.29 is 28.6 Å². The zero-order valence-corrected chi connectivity index (χ0v) is 23.9. The monoisotopic (exact) mass is 603 g/mol. The number of hydrogen-bond acceptors (Lipinski definition) is 6. The number of amides is 2. The van der Waals surface area contributed by atoms with E-state index < -0.39 is 23.1 Å². The van der Waals surface area contributed by atoms with Crippen LogP contribution < -0.4 is 20.9 Å². The molecule has 3 aromatic rings. The van der Waals surface area contributed by atoms with Gasteiger partial charge in [0.15, 0.2) is 0 Å². The van der Waals surface area contributed by atoms with Gasteiger partial charge in [0.05, 0.1) is 18.4 Å². The minimum atomic E-state index is -1.07. The number of nitrogens with zero attached hydrogens (tertiary/aromatic N) is 1. The number of alkyl carbamates (subject to hydrolysis) is 1. The van der Waals surface area contributed by atoms with Crippen LogP contribution in [-0.2, 0) is 17.9 Å². The molecule has 1 aromatic heterocycles. The molecule has 9 nitrogen and oxygen atoms in total. The first-order chi connectivity index (χ1) is 18.3. The molecular formula is C28H31BrFN3O6. The second kappa shape index (κ2) is 12.4. The Bertz CT molecular complexity index is 1450. The van der Waals surface area contributed by atoms with Crippen molar-refractivity contribution in [2.75, 3.05) is 13.7 Å². The van der Waals surface area contributed by atoms with Gasteiger partial charge in [0.25, 0.3) is 11.5 Å². The Labute approximate surface area is 234 Å². The highest BCUT2D eigenvalue weighted by molar-refractivity contribution is 9.10. The number of aliphatic hydroxyl groups is 1. The van der Waals surface area contributed by atoms with E-state index >= 15 is 0 Å². The van der Waals surface area contributed by atoms with Gasteiger partial charge in [-0.25, -0.2) is 9.18 Å². The van der Waals surface area contributed by atoms with Crippen LogP contribution >= 0.6 is 15.9 Å². The standard InChI is InChI=1S/C28H31BrFN3O6/c1-16-6-7-18(25(34)32-15-28(3,4)37)12-22(16)33-17(2)10-23(24(29)26(33)35)39-14-19-8-9-21(30)11-20(19)13-31-27(36)38-5/h6-12,37H,13-15H2,1-5H3,(H,31,36)(H,32,34). The maximum Gasteiger partial charge on any atom is 0.407 e. The lowest BCUT2D eigenvalue weighted by atomic mass is 10.1. The summed E-state index contributed by atoms with van der Waals surface area (Å²) in [6, 6.07) is 10.8. The van der Waals surface area contributed by atoms with Crippen molar-refractivity contribution in [1.29, 1.82) is 0 Å². The largest absolute Gasteiger partial charge is 0.487 e. The first-order valence-electron chi connectivity index (χ1n) is 12.1. The smallest absolute Gasteiger partial charge is 0.407 e. The molecule has 0 aliphatic carbocycles. The fraction of sp³-hybridized carbons (Fsp3) is 0.321. The minimum absolute atomic E-state index is 0.00977. The Kier molecular flexibility index (Phi) is 9.52. The Morgan fingerprint density at radius 3 is 2.46 bits per heavy atom. The fourth-order valence-corrected chi connectivity index (χ4v) is 4.18. The van der Waals surface area contributed by atoms with E-state index in [4.69, 9.17) is 4.74 Å². The van der Waals surface area contributed by atoms with Crippen molar-refractivity contribution in [1.82, 2.24) is 15.2 Å². The lowest BCUT2D eigenvalue weighted by molar-refractivity contribution is 0.0694. The first-order valence-corrected chi connectivity index (χ1v) is 12.9. The molecule has 0 fully saturated rings. The summed E-state index contributed by atoms with van der Waals surface area (Å²) in [6.07, 6.45) is -0.651. The Balaban J connectivity index is 1.89. The quantitative estimate of drug-likeness (QED) is 0.336. The van der Waals surface area contributed by atoms with Crippen LogP contribution in [0.4, 0.5) is 9.18 Å². The third-order valence-corrected chi connectivity index (χ3v) is 6.58. The maximum atomic E-state index is 13.8. The number of ether oxygens (including phenoxy) is 2. The second-order valence-corrected chi connectivity index (χ2v) is 10.4. The molecule has 1 heterocycles. The van der Waals surface area contributed by atoms with Crippen LogP contribution in [0.25, 0.3) is 5.69 Å². The van der Waals surface area contributed by atoms with Gasteiger partial charge < -0.3 is 25.2 Å². The number of nitrogens with one attached hydrogen (secondary N) is 2. The Morgan fingerprint density at radius 1 is 1.08 bits per heavy atom. The molecule has 0 unspecified atom stereocenters. The number of hydrogen-bond donors (Lipinski definition) is 3. The summed E-state index contributed by atoms with van der Waals surface area (Å²) in [7, 11) is 1.23. The second-order valence-electron chi connectivity index (χ2n) is 9.65. The third kappa shape index (κ3) is 7.67. The number of aromatic nitrogens is 1. The molecule has 0 aliphatic rings. The summed E-state index contributed by atoms with van der Waals surface area (Å²) in [5.74, 6) is -0.562. The van der Waals surface area contributed by atoms with E-state index in [9.17, 15) is 23.9 Å². The summed E-state index contributed by atoms with van der Waals surface area (Å²) < 4.78 is 26.0. The Hall–Kier alpha value is -3.70. The summed E-state index contributed by atoms with van der Waals surface area (Å²) >= 11 is 3.35. The average molecular weight is 604 g/mol. The van der Waals surface area contributed by atoms with Crippen LogP contribution in [0.5, 0.6) is 5.75 Å². The third-order valence-electron chi connectivity index (χ3n) is 5.85. The van der Waals surface area contributed by atoms with Gasteiger partial charge in [-0.1, -0.05) is 12.1 Å².